The van der Waals surface area contributed by atoms with Gasteiger partial charge < -0.3 is 15.8 Å². The molecule has 0 aliphatic heterocycles. The van der Waals surface area contributed by atoms with Gasteiger partial charge in [0, 0.05) is 13.1 Å². The molecule has 0 spiro atoms. The van der Waals surface area contributed by atoms with Crippen molar-refractivity contribution >= 4 is 11.9 Å². The minimum atomic E-state index is -0.587. The van der Waals surface area contributed by atoms with Gasteiger partial charge in [-0.25, -0.2) is 0 Å². The van der Waals surface area contributed by atoms with Crippen molar-refractivity contribution in [3.8, 4) is 0 Å². The Balaban J connectivity index is 3.64. The third kappa shape index (κ3) is 4.81. The summed E-state index contributed by atoms with van der Waals surface area (Å²) in [7, 11) is 1.34. The average Bonchev–Trinajstić information content (AvgIpc) is 2.11. The molecule has 0 radical (unpaired) electrons. The fraction of sp³-hybridized carbons (Fsp3) is 0.778. The van der Waals surface area contributed by atoms with Crippen LogP contribution in [0.5, 0.6) is 0 Å². The summed E-state index contributed by atoms with van der Waals surface area (Å²) in [4.78, 5) is 21.6. The Morgan fingerprint density at radius 2 is 2.00 bits per heavy atom. The highest BCUT2D eigenvalue weighted by molar-refractivity contribution is 5.80. The van der Waals surface area contributed by atoms with Gasteiger partial charge in [0.25, 0.3) is 0 Å². The summed E-state index contributed by atoms with van der Waals surface area (Å²) in [5.74, 6) is -0.627. The smallest absolute Gasteiger partial charge is 0.306 e. The highest BCUT2D eigenvalue weighted by atomic mass is 16.5. The van der Waals surface area contributed by atoms with Gasteiger partial charge in [0.1, 0.15) is 0 Å². The summed E-state index contributed by atoms with van der Waals surface area (Å²) in [6, 6.07) is 0. The molecule has 82 valence electrons. The van der Waals surface area contributed by atoms with Crippen molar-refractivity contribution in [2.24, 2.45) is 11.1 Å². The number of methoxy groups -OCH3 is 1. The largest absolute Gasteiger partial charge is 0.469 e. The molecule has 0 unspecified atom stereocenters. The van der Waals surface area contributed by atoms with Crippen LogP contribution < -0.4 is 11.1 Å². The topological polar surface area (TPSA) is 81.4 Å². The van der Waals surface area contributed by atoms with Crippen molar-refractivity contribution in [2.75, 3.05) is 20.2 Å². The maximum Gasteiger partial charge on any atom is 0.306 e. The second-order valence-electron chi connectivity index (χ2n) is 3.75. The number of rotatable bonds is 6. The number of esters is 1. The van der Waals surface area contributed by atoms with Crippen molar-refractivity contribution < 1.29 is 14.3 Å². The lowest BCUT2D eigenvalue weighted by atomic mass is 9.93. The van der Waals surface area contributed by atoms with E-state index in [0.717, 1.165) is 0 Å². The monoisotopic (exact) mass is 202 g/mol. The molecule has 0 bridgehead atoms. The van der Waals surface area contributed by atoms with E-state index in [1.54, 1.807) is 13.8 Å². The van der Waals surface area contributed by atoms with Gasteiger partial charge in [-0.15, -0.1) is 0 Å². The summed E-state index contributed by atoms with van der Waals surface area (Å²) in [5, 5.41) is 2.97. The molecule has 5 nitrogen and oxygen atoms in total. The first-order chi connectivity index (χ1) is 6.40. The van der Waals surface area contributed by atoms with Gasteiger partial charge in [-0.05, 0) is 13.8 Å². The Bertz CT molecular complexity index is 214. The molecule has 5 heteroatoms. The minimum absolute atomic E-state index is 0.269. The normalized spacial score (nSPS) is 11.1. The van der Waals surface area contributed by atoms with Gasteiger partial charge in [0.2, 0.25) is 5.91 Å². The molecular weight excluding hydrogens is 184 g/mol. The molecule has 0 aliphatic carbocycles. The molecule has 1 amide bonds. The summed E-state index contributed by atoms with van der Waals surface area (Å²) in [5.41, 5.74) is 4.58. The number of carbonyl (C=O) groups excluding carboxylic acids is 2. The number of carbonyl (C=O) groups is 2. The Labute approximate surface area is 84.0 Å². The molecule has 0 atom stereocenters. The van der Waals surface area contributed by atoms with Crippen LogP contribution in [0.25, 0.3) is 0 Å². The number of hydrogen-bond donors (Lipinski definition) is 2. The first-order valence-electron chi connectivity index (χ1n) is 4.47. The maximum absolute atomic E-state index is 10.9. The van der Waals surface area contributed by atoms with Crippen LogP contribution in [-0.2, 0) is 14.3 Å². The zero-order chi connectivity index (χ0) is 11.2. The van der Waals surface area contributed by atoms with E-state index in [9.17, 15) is 9.59 Å². The van der Waals surface area contributed by atoms with E-state index in [1.807, 2.05) is 0 Å². The van der Waals surface area contributed by atoms with Crippen molar-refractivity contribution in [1.29, 1.82) is 0 Å². The van der Waals surface area contributed by atoms with E-state index in [4.69, 9.17) is 5.73 Å². The Morgan fingerprint density at radius 1 is 1.43 bits per heavy atom. The fourth-order valence-electron chi connectivity index (χ4n) is 0.781. The lowest BCUT2D eigenvalue weighted by Crippen LogP contribution is -2.40. The van der Waals surface area contributed by atoms with E-state index in [2.05, 4.69) is 10.1 Å². The molecular formula is C9H18N2O3. The molecule has 0 saturated carbocycles. The molecule has 0 fully saturated rings. The Hall–Kier alpha value is -1.10. The van der Waals surface area contributed by atoms with Gasteiger partial charge in [-0.2, -0.15) is 0 Å². The standard InChI is InChI=1S/C9H18N2O3/c1-9(2,8(10)13)6-11-5-4-7(12)14-3/h11H,4-6H2,1-3H3,(H2,10,13). The highest BCUT2D eigenvalue weighted by Gasteiger charge is 2.23. The maximum atomic E-state index is 10.9. The van der Waals surface area contributed by atoms with Crippen LogP contribution in [0.2, 0.25) is 0 Å². The number of nitrogens with one attached hydrogen (secondary N) is 1. The quantitative estimate of drug-likeness (QED) is 0.455. The predicted molar refractivity (Wildman–Crippen MR) is 52.5 cm³/mol. The van der Waals surface area contributed by atoms with Gasteiger partial charge >= 0.3 is 5.97 Å². The molecule has 0 rings (SSSR count). The lowest BCUT2D eigenvalue weighted by Gasteiger charge is -2.20. The summed E-state index contributed by atoms with van der Waals surface area (Å²) in [6.07, 6.45) is 0.297. The minimum Gasteiger partial charge on any atom is -0.469 e. The van der Waals surface area contributed by atoms with Crippen LogP contribution in [0.4, 0.5) is 0 Å². The zero-order valence-electron chi connectivity index (χ0n) is 8.92. The molecule has 0 aromatic carbocycles. The predicted octanol–water partition coefficient (Wildman–Crippen LogP) is -0.349. The van der Waals surface area contributed by atoms with E-state index in [1.165, 1.54) is 7.11 Å². The van der Waals surface area contributed by atoms with Crippen LogP contribution in [-0.4, -0.2) is 32.1 Å². The van der Waals surface area contributed by atoms with Gasteiger partial charge in [0.05, 0.1) is 18.9 Å². The summed E-state index contributed by atoms with van der Waals surface area (Å²) >= 11 is 0. The Morgan fingerprint density at radius 3 is 2.43 bits per heavy atom. The summed E-state index contributed by atoms with van der Waals surface area (Å²) in [6.45, 7) is 4.45. The van der Waals surface area contributed by atoms with Crippen LogP contribution in [0.1, 0.15) is 20.3 Å². The molecule has 14 heavy (non-hydrogen) atoms. The van der Waals surface area contributed by atoms with Crippen molar-refractivity contribution in [2.45, 2.75) is 20.3 Å². The molecule has 0 heterocycles. The van der Waals surface area contributed by atoms with Gasteiger partial charge in [0.15, 0.2) is 0 Å². The molecule has 3 N–H and O–H groups in total. The van der Waals surface area contributed by atoms with Crippen LogP contribution in [0.15, 0.2) is 0 Å². The van der Waals surface area contributed by atoms with E-state index in [-0.39, 0.29) is 11.9 Å². The average molecular weight is 202 g/mol. The number of hydrogen-bond acceptors (Lipinski definition) is 4. The zero-order valence-corrected chi connectivity index (χ0v) is 8.92. The van der Waals surface area contributed by atoms with Gasteiger partial charge in [-0.1, -0.05) is 0 Å². The first-order valence-corrected chi connectivity index (χ1v) is 4.47. The molecule has 0 aromatic rings. The number of ether oxygens (including phenoxy) is 1. The summed E-state index contributed by atoms with van der Waals surface area (Å²) < 4.78 is 4.46. The third-order valence-corrected chi connectivity index (χ3v) is 1.97. The number of amides is 1. The van der Waals surface area contributed by atoms with E-state index >= 15 is 0 Å². The SMILES string of the molecule is COC(=O)CCNCC(C)(C)C(N)=O. The van der Waals surface area contributed by atoms with Gasteiger partial charge in [-0.3, -0.25) is 9.59 Å². The number of primary amides is 1. The molecule has 0 aromatic heterocycles. The number of nitrogens with two attached hydrogens (primary N) is 1. The van der Waals surface area contributed by atoms with Crippen molar-refractivity contribution in [3.63, 3.8) is 0 Å². The van der Waals surface area contributed by atoms with Crippen LogP contribution in [0.3, 0.4) is 0 Å². The Kier molecular flexibility index (Phi) is 5.15. The van der Waals surface area contributed by atoms with Crippen LogP contribution >= 0.6 is 0 Å². The lowest BCUT2D eigenvalue weighted by molar-refractivity contribution is -0.140. The first kappa shape index (κ1) is 12.9. The van der Waals surface area contributed by atoms with Crippen molar-refractivity contribution in [3.05, 3.63) is 0 Å². The molecule has 0 aliphatic rings. The third-order valence-electron chi connectivity index (χ3n) is 1.97. The second kappa shape index (κ2) is 5.59. The highest BCUT2D eigenvalue weighted by Crippen LogP contribution is 2.11. The van der Waals surface area contributed by atoms with Crippen LogP contribution in [0, 0.1) is 5.41 Å². The fourth-order valence-corrected chi connectivity index (χ4v) is 0.781. The molecule has 0 saturated heterocycles. The van der Waals surface area contributed by atoms with E-state index < -0.39 is 5.41 Å². The van der Waals surface area contributed by atoms with E-state index in [0.29, 0.717) is 19.5 Å². The second-order valence-corrected chi connectivity index (χ2v) is 3.75. The van der Waals surface area contributed by atoms with Crippen molar-refractivity contribution in [1.82, 2.24) is 5.32 Å².